The van der Waals surface area contributed by atoms with Crippen molar-refractivity contribution in [1.82, 2.24) is 4.31 Å². The van der Waals surface area contributed by atoms with Gasteiger partial charge in [-0.25, -0.2) is 8.42 Å². The molecule has 9 nitrogen and oxygen atoms in total. The fraction of sp³-hybridized carbons (Fsp3) is 0.278. The second-order valence-electron chi connectivity index (χ2n) is 6.24. The van der Waals surface area contributed by atoms with Crippen LogP contribution >= 0.6 is 11.6 Å². The zero-order valence-electron chi connectivity index (χ0n) is 15.5. The van der Waals surface area contributed by atoms with Gasteiger partial charge in [0, 0.05) is 29.7 Å². The predicted molar refractivity (Wildman–Crippen MR) is 110 cm³/mol. The third-order valence-electron chi connectivity index (χ3n) is 4.38. The molecule has 0 unspecified atom stereocenters. The van der Waals surface area contributed by atoms with Gasteiger partial charge in [-0.2, -0.15) is 9.41 Å². The van der Waals surface area contributed by atoms with Gasteiger partial charge in [-0.05, 0) is 25.1 Å². The highest BCUT2D eigenvalue weighted by molar-refractivity contribution is 7.89. The van der Waals surface area contributed by atoms with Gasteiger partial charge in [-0.3, -0.25) is 15.5 Å². The Morgan fingerprint density at radius 3 is 2.59 bits per heavy atom. The third-order valence-corrected chi connectivity index (χ3v) is 6.61. The molecule has 154 valence electrons. The molecule has 11 heteroatoms. The van der Waals surface area contributed by atoms with E-state index in [4.69, 9.17) is 16.3 Å². The van der Waals surface area contributed by atoms with Crippen molar-refractivity contribution >= 4 is 38.7 Å². The average molecular weight is 439 g/mol. The zero-order chi connectivity index (χ0) is 21.0. The summed E-state index contributed by atoms with van der Waals surface area (Å²) in [5.74, 6) is 0. The fourth-order valence-electron chi connectivity index (χ4n) is 2.81. The number of halogens is 1. The molecule has 0 amide bonds. The van der Waals surface area contributed by atoms with E-state index < -0.39 is 20.6 Å². The lowest BCUT2D eigenvalue weighted by Crippen LogP contribution is -2.40. The van der Waals surface area contributed by atoms with Crippen LogP contribution in [0.25, 0.3) is 0 Å². The fourth-order valence-corrected chi connectivity index (χ4v) is 4.51. The van der Waals surface area contributed by atoms with E-state index in [0.29, 0.717) is 16.3 Å². The lowest BCUT2D eigenvalue weighted by atomic mass is 10.1. The number of rotatable bonds is 6. The van der Waals surface area contributed by atoms with Gasteiger partial charge < -0.3 is 4.74 Å². The first-order valence-corrected chi connectivity index (χ1v) is 10.5. The number of benzene rings is 2. The van der Waals surface area contributed by atoms with Crippen LogP contribution in [0.15, 0.2) is 52.5 Å². The Morgan fingerprint density at radius 1 is 1.24 bits per heavy atom. The summed E-state index contributed by atoms with van der Waals surface area (Å²) in [6, 6.07) is 10.8. The molecule has 0 atom stereocenters. The number of morpholine rings is 1. The Morgan fingerprint density at radius 2 is 1.93 bits per heavy atom. The topological polar surface area (TPSA) is 114 Å². The van der Waals surface area contributed by atoms with E-state index in [1.807, 2.05) is 0 Å². The summed E-state index contributed by atoms with van der Waals surface area (Å²) in [5, 5.41) is 16.2. The summed E-state index contributed by atoms with van der Waals surface area (Å²) in [4.78, 5) is 10.7. The third kappa shape index (κ3) is 4.73. The van der Waals surface area contributed by atoms with Gasteiger partial charge in [0.05, 0.1) is 28.7 Å². The van der Waals surface area contributed by atoms with E-state index in [2.05, 4.69) is 10.5 Å². The molecule has 0 saturated carbocycles. The standard InChI is InChI=1S/C18H19ClN4O5S/c1-13(15-4-2-3-5-16(15)19)20-21-17-7-6-14(12-18(17)23(24)25)29(26,27)22-8-10-28-11-9-22/h2-7,12,21H,8-11H2,1H3. The Bertz CT molecular complexity index is 1050. The van der Waals surface area contributed by atoms with E-state index in [9.17, 15) is 18.5 Å². The lowest BCUT2D eigenvalue weighted by molar-refractivity contribution is -0.384. The van der Waals surface area contributed by atoms with Crippen molar-refractivity contribution < 1.29 is 18.1 Å². The second-order valence-corrected chi connectivity index (χ2v) is 8.59. The molecule has 1 heterocycles. The highest BCUT2D eigenvalue weighted by Crippen LogP contribution is 2.29. The number of hydrazone groups is 1. The lowest BCUT2D eigenvalue weighted by Gasteiger charge is -2.26. The summed E-state index contributed by atoms with van der Waals surface area (Å²) in [5.41, 5.74) is 3.52. The maximum atomic E-state index is 12.7. The van der Waals surface area contributed by atoms with E-state index in [-0.39, 0.29) is 36.9 Å². The van der Waals surface area contributed by atoms with Crippen molar-refractivity contribution in [1.29, 1.82) is 0 Å². The molecule has 1 saturated heterocycles. The first kappa shape index (κ1) is 21.2. The first-order valence-electron chi connectivity index (χ1n) is 8.72. The molecule has 2 aromatic rings. The Balaban J connectivity index is 1.90. The number of nitro groups is 1. The van der Waals surface area contributed by atoms with Crippen LogP contribution in [0.5, 0.6) is 0 Å². The second kappa shape index (κ2) is 8.87. The van der Waals surface area contributed by atoms with Gasteiger partial charge >= 0.3 is 0 Å². The van der Waals surface area contributed by atoms with Gasteiger partial charge in [-0.1, -0.05) is 29.8 Å². The van der Waals surface area contributed by atoms with Crippen LogP contribution in [-0.2, 0) is 14.8 Å². The van der Waals surface area contributed by atoms with Gasteiger partial charge in [0.25, 0.3) is 5.69 Å². The normalized spacial score (nSPS) is 15.9. The number of anilines is 1. The number of ether oxygens (including phenoxy) is 1. The monoisotopic (exact) mass is 438 g/mol. The molecule has 3 rings (SSSR count). The minimum absolute atomic E-state index is 0.0716. The van der Waals surface area contributed by atoms with Crippen molar-refractivity contribution in [2.24, 2.45) is 5.10 Å². The number of nitro benzene ring substituents is 1. The highest BCUT2D eigenvalue weighted by atomic mass is 35.5. The SMILES string of the molecule is CC(=NNc1ccc(S(=O)(=O)N2CCOCC2)cc1[N+](=O)[O-])c1ccccc1Cl. The minimum atomic E-state index is -3.85. The van der Waals surface area contributed by atoms with Crippen LogP contribution in [0.2, 0.25) is 5.02 Å². The number of hydrogen-bond acceptors (Lipinski definition) is 7. The number of nitrogens with one attached hydrogen (secondary N) is 1. The maximum Gasteiger partial charge on any atom is 0.295 e. The smallest absolute Gasteiger partial charge is 0.295 e. The van der Waals surface area contributed by atoms with Crippen LogP contribution in [0, 0.1) is 10.1 Å². The van der Waals surface area contributed by atoms with Crippen molar-refractivity contribution in [2.75, 3.05) is 31.7 Å². The van der Waals surface area contributed by atoms with Crippen LogP contribution in [-0.4, -0.2) is 49.7 Å². The molecule has 2 aromatic carbocycles. The van der Waals surface area contributed by atoms with Crippen LogP contribution < -0.4 is 5.43 Å². The Kier molecular flexibility index (Phi) is 6.48. The zero-order valence-corrected chi connectivity index (χ0v) is 17.1. The van der Waals surface area contributed by atoms with E-state index in [1.165, 1.54) is 16.4 Å². The van der Waals surface area contributed by atoms with Gasteiger partial charge in [0.15, 0.2) is 0 Å². The molecule has 1 aliphatic heterocycles. The number of hydrogen-bond donors (Lipinski definition) is 1. The molecular formula is C18H19ClN4O5S. The van der Waals surface area contributed by atoms with E-state index >= 15 is 0 Å². The maximum absolute atomic E-state index is 12.7. The van der Waals surface area contributed by atoms with Crippen molar-refractivity contribution in [3.63, 3.8) is 0 Å². The largest absolute Gasteiger partial charge is 0.379 e. The molecular weight excluding hydrogens is 420 g/mol. The summed E-state index contributed by atoms with van der Waals surface area (Å²) in [6.07, 6.45) is 0. The van der Waals surface area contributed by atoms with Crippen molar-refractivity contribution in [2.45, 2.75) is 11.8 Å². The van der Waals surface area contributed by atoms with Crippen LogP contribution in [0.1, 0.15) is 12.5 Å². The average Bonchev–Trinajstić information content (AvgIpc) is 2.72. The number of sulfonamides is 1. The minimum Gasteiger partial charge on any atom is -0.379 e. The molecule has 1 N–H and O–H groups in total. The summed E-state index contributed by atoms with van der Waals surface area (Å²) >= 11 is 6.13. The van der Waals surface area contributed by atoms with Gasteiger partial charge in [0.2, 0.25) is 10.0 Å². The molecule has 1 aliphatic rings. The summed E-state index contributed by atoms with van der Waals surface area (Å²) in [6.45, 7) is 2.69. The van der Waals surface area contributed by atoms with Crippen molar-refractivity contribution in [3.8, 4) is 0 Å². The first-order chi connectivity index (χ1) is 13.8. The Labute approximate surface area is 173 Å². The molecule has 0 spiro atoms. The number of nitrogens with zero attached hydrogens (tertiary/aromatic N) is 3. The van der Waals surface area contributed by atoms with Crippen LogP contribution in [0.3, 0.4) is 0 Å². The van der Waals surface area contributed by atoms with Gasteiger partial charge in [0.1, 0.15) is 5.69 Å². The molecule has 0 aromatic heterocycles. The summed E-state index contributed by atoms with van der Waals surface area (Å²) in [7, 11) is -3.85. The van der Waals surface area contributed by atoms with E-state index in [1.54, 1.807) is 31.2 Å². The molecule has 0 bridgehead atoms. The van der Waals surface area contributed by atoms with Crippen LogP contribution in [0.4, 0.5) is 11.4 Å². The predicted octanol–water partition coefficient (Wildman–Crippen LogP) is 3.11. The Hall–Kier alpha value is -2.53. The molecule has 0 aliphatic carbocycles. The quantitative estimate of drug-likeness (QED) is 0.421. The molecule has 29 heavy (non-hydrogen) atoms. The van der Waals surface area contributed by atoms with Gasteiger partial charge in [-0.15, -0.1) is 0 Å². The summed E-state index contributed by atoms with van der Waals surface area (Å²) < 4.78 is 31.9. The molecule has 1 fully saturated rings. The van der Waals surface area contributed by atoms with Crippen molar-refractivity contribution in [3.05, 3.63) is 63.2 Å². The molecule has 0 radical (unpaired) electrons. The van der Waals surface area contributed by atoms with E-state index in [0.717, 1.165) is 6.07 Å². The highest BCUT2D eigenvalue weighted by Gasteiger charge is 2.28.